The van der Waals surface area contributed by atoms with Crippen molar-refractivity contribution in [1.29, 1.82) is 0 Å². The number of carbonyl (C=O) groups is 1. The summed E-state index contributed by atoms with van der Waals surface area (Å²) in [5.74, 6) is 0.882. The number of hydrogen-bond donors (Lipinski definition) is 0. The van der Waals surface area contributed by atoms with Crippen LogP contribution in [0.4, 0.5) is 0 Å². The van der Waals surface area contributed by atoms with Gasteiger partial charge in [0.2, 0.25) is 0 Å². The molecule has 0 spiro atoms. The summed E-state index contributed by atoms with van der Waals surface area (Å²) >= 11 is 1.53. The molecule has 2 aromatic carbocycles. The third-order valence-corrected chi connectivity index (χ3v) is 4.41. The molecule has 0 saturated carbocycles. The number of nitrogens with zero attached hydrogens (tertiary/aromatic N) is 1. The topological polar surface area (TPSA) is 48.4 Å². The first-order valence-electron chi connectivity index (χ1n) is 7.50. The van der Waals surface area contributed by atoms with Gasteiger partial charge in [0.15, 0.2) is 0 Å². The minimum absolute atomic E-state index is 0.147. The van der Waals surface area contributed by atoms with E-state index in [4.69, 9.17) is 9.47 Å². The fourth-order valence-corrected chi connectivity index (χ4v) is 3.00. The fourth-order valence-electron chi connectivity index (χ4n) is 2.18. The summed E-state index contributed by atoms with van der Waals surface area (Å²) in [5.41, 5.74) is 2.98. The Bertz CT molecular complexity index is 823. The van der Waals surface area contributed by atoms with Gasteiger partial charge in [0, 0.05) is 10.9 Å². The highest BCUT2D eigenvalue weighted by atomic mass is 32.1. The van der Waals surface area contributed by atoms with Gasteiger partial charge in [-0.2, -0.15) is 0 Å². The Morgan fingerprint density at radius 2 is 1.71 bits per heavy atom. The maximum atomic E-state index is 12.0. The van der Waals surface area contributed by atoms with Gasteiger partial charge >= 0.3 is 5.97 Å². The lowest BCUT2D eigenvalue weighted by Gasteiger charge is -2.04. The second-order valence-corrected chi connectivity index (χ2v) is 6.19. The van der Waals surface area contributed by atoms with Crippen molar-refractivity contribution in [2.75, 3.05) is 7.11 Å². The van der Waals surface area contributed by atoms with E-state index in [-0.39, 0.29) is 12.4 Å². The Kier molecular flexibility index (Phi) is 4.91. The van der Waals surface area contributed by atoms with Crippen LogP contribution in [0.2, 0.25) is 0 Å². The Balaban J connectivity index is 1.63. The van der Waals surface area contributed by atoms with Crippen LogP contribution in [0.25, 0.3) is 10.6 Å². The molecular formula is C19H17NO3S. The van der Waals surface area contributed by atoms with Gasteiger partial charge in [0.05, 0.1) is 19.2 Å². The zero-order valence-electron chi connectivity index (χ0n) is 13.5. The number of aryl methyl sites for hydroxylation is 1. The van der Waals surface area contributed by atoms with Crippen molar-refractivity contribution in [3.63, 3.8) is 0 Å². The monoisotopic (exact) mass is 339 g/mol. The zero-order chi connectivity index (χ0) is 16.9. The largest absolute Gasteiger partial charge is 0.497 e. The third kappa shape index (κ3) is 4.00. The molecule has 0 atom stereocenters. The maximum Gasteiger partial charge on any atom is 0.317 e. The normalized spacial score (nSPS) is 10.4. The number of esters is 1. The lowest BCUT2D eigenvalue weighted by molar-refractivity contribution is -0.133. The molecule has 0 bridgehead atoms. The molecule has 0 aliphatic carbocycles. The van der Waals surface area contributed by atoms with Crippen LogP contribution in [0.5, 0.6) is 11.5 Å². The van der Waals surface area contributed by atoms with E-state index in [2.05, 4.69) is 4.98 Å². The first kappa shape index (κ1) is 16.2. The summed E-state index contributed by atoms with van der Waals surface area (Å²) in [6, 6.07) is 15.1. The third-order valence-electron chi connectivity index (χ3n) is 3.47. The molecule has 0 saturated heterocycles. The molecule has 1 aromatic heterocycles. The predicted octanol–water partition coefficient (Wildman–Crippen LogP) is 4.28. The lowest BCUT2D eigenvalue weighted by Crippen LogP contribution is -2.11. The summed E-state index contributed by atoms with van der Waals surface area (Å²) in [7, 11) is 1.59. The van der Waals surface area contributed by atoms with E-state index in [1.54, 1.807) is 31.4 Å². The Hall–Kier alpha value is -2.66. The van der Waals surface area contributed by atoms with Crippen molar-refractivity contribution < 1.29 is 14.3 Å². The van der Waals surface area contributed by atoms with Crippen molar-refractivity contribution >= 4 is 17.3 Å². The number of rotatable bonds is 5. The van der Waals surface area contributed by atoms with Gasteiger partial charge in [0.25, 0.3) is 0 Å². The molecule has 0 unspecified atom stereocenters. The number of carbonyl (C=O) groups excluding carboxylic acids is 1. The van der Waals surface area contributed by atoms with E-state index in [9.17, 15) is 4.79 Å². The number of benzene rings is 2. The summed E-state index contributed by atoms with van der Waals surface area (Å²) in [6.07, 6.45) is 0.147. The zero-order valence-corrected chi connectivity index (χ0v) is 14.3. The first-order chi connectivity index (χ1) is 11.6. The quantitative estimate of drug-likeness (QED) is 0.514. The van der Waals surface area contributed by atoms with Crippen molar-refractivity contribution in [1.82, 2.24) is 4.98 Å². The number of aromatic nitrogens is 1. The van der Waals surface area contributed by atoms with Crippen LogP contribution in [0, 0.1) is 6.92 Å². The van der Waals surface area contributed by atoms with Crippen molar-refractivity contribution in [2.24, 2.45) is 0 Å². The van der Waals surface area contributed by atoms with Crippen LogP contribution >= 0.6 is 11.3 Å². The van der Waals surface area contributed by atoms with Gasteiger partial charge in [-0.05, 0) is 31.2 Å². The van der Waals surface area contributed by atoms with E-state index in [0.717, 1.165) is 16.3 Å². The minimum atomic E-state index is -0.332. The summed E-state index contributed by atoms with van der Waals surface area (Å²) in [6.45, 7) is 2.05. The Labute approximate surface area is 144 Å². The average Bonchev–Trinajstić information content (AvgIpc) is 3.04. The highest BCUT2D eigenvalue weighted by Gasteiger charge is 2.11. The van der Waals surface area contributed by atoms with E-state index < -0.39 is 0 Å². The van der Waals surface area contributed by atoms with Crippen LogP contribution in [0.15, 0.2) is 53.9 Å². The molecule has 0 fully saturated rings. The highest BCUT2D eigenvalue weighted by molar-refractivity contribution is 7.13. The van der Waals surface area contributed by atoms with Crippen molar-refractivity contribution in [3.05, 3.63) is 65.2 Å². The molecule has 122 valence electrons. The molecule has 3 rings (SSSR count). The van der Waals surface area contributed by atoms with Crippen LogP contribution in [-0.4, -0.2) is 18.1 Å². The molecule has 5 heteroatoms. The number of hydrogen-bond acceptors (Lipinski definition) is 5. The first-order valence-corrected chi connectivity index (χ1v) is 8.38. The van der Waals surface area contributed by atoms with E-state index in [1.807, 2.05) is 36.6 Å². The van der Waals surface area contributed by atoms with Gasteiger partial charge < -0.3 is 9.47 Å². The Morgan fingerprint density at radius 3 is 2.38 bits per heavy atom. The SMILES string of the molecule is COc1ccc(OC(=O)Cc2csc(-c3ccc(C)cc3)n2)cc1. The van der Waals surface area contributed by atoms with Gasteiger partial charge in [-0.1, -0.05) is 29.8 Å². The Morgan fingerprint density at radius 1 is 1.04 bits per heavy atom. The average molecular weight is 339 g/mol. The fraction of sp³-hybridized carbons (Fsp3) is 0.158. The van der Waals surface area contributed by atoms with Gasteiger partial charge in [-0.3, -0.25) is 4.79 Å². The smallest absolute Gasteiger partial charge is 0.317 e. The molecule has 0 aliphatic heterocycles. The minimum Gasteiger partial charge on any atom is -0.497 e. The molecule has 3 aromatic rings. The van der Waals surface area contributed by atoms with Gasteiger partial charge in [-0.25, -0.2) is 4.98 Å². The number of methoxy groups -OCH3 is 1. The molecule has 4 nitrogen and oxygen atoms in total. The maximum absolute atomic E-state index is 12.0. The standard InChI is InChI=1S/C19H17NO3S/c1-13-3-5-14(6-4-13)19-20-15(12-24-19)11-18(21)23-17-9-7-16(22-2)8-10-17/h3-10,12H,11H2,1-2H3. The molecule has 0 aliphatic rings. The van der Waals surface area contributed by atoms with Crippen LogP contribution in [-0.2, 0) is 11.2 Å². The second-order valence-electron chi connectivity index (χ2n) is 5.34. The molecular weight excluding hydrogens is 322 g/mol. The second kappa shape index (κ2) is 7.27. The summed E-state index contributed by atoms with van der Waals surface area (Å²) < 4.78 is 10.4. The molecule has 0 radical (unpaired) electrons. The van der Waals surface area contributed by atoms with Crippen LogP contribution in [0.1, 0.15) is 11.3 Å². The van der Waals surface area contributed by atoms with E-state index in [1.165, 1.54) is 16.9 Å². The van der Waals surface area contributed by atoms with Crippen LogP contribution < -0.4 is 9.47 Å². The molecule has 0 N–H and O–H groups in total. The van der Waals surface area contributed by atoms with Gasteiger partial charge in [0.1, 0.15) is 16.5 Å². The van der Waals surface area contributed by atoms with E-state index in [0.29, 0.717) is 11.4 Å². The predicted molar refractivity (Wildman–Crippen MR) is 94.6 cm³/mol. The van der Waals surface area contributed by atoms with Crippen molar-refractivity contribution in [3.8, 4) is 22.1 Å². The molecule has 24 heavy (non-hydrogen) atoms. The lowest BCUT2D eigenvalue weighted by atomic mass is 10.2. The molecule has 1 heterocycles. The van der Waals surface area contributed by atoms with E-state index >= 15 is 0 Å². The van der Waals surface area contributed by atoms with Gasteiger partial charge in [-0.15, -0.1) is 11.3 Å². The highest BCUT2D eigenvalue weighted by Crippen LogP contribution is 2.24. The summed E-state index contributed by atoms with van der Waals surface area (Å²) in [4.78, 5) is 16.6. The number of thiazole rings is 1. The van der Waals surface area contributed by atoms with Crippen LogP contribution in [0.3, 0.4) is 0 Å². The number of ether oxygens (including phenoxy) is 2. The van der Waals surface area contributed by atoms with Crippen molar-refractivity contribution in [2.45, 2.75) is 13.3 Å². The summed E-state index contributed by atoms with van der Waals surface area (Å²) in [5, 5.41) is 2.80. The molecule has 0 amide bonds.